The van der Waals surface area contributed by atoms with E-state index in [1.54, 1.807) is 0 Å². The van der Waals surface area contributed by atoms with Gasteiger partial charge in [-0.3, -0.25) is 0 Å². The van der Waals surface area contributed by atoms with Crippen LogP contribution in [-0.2, 0) is 10.8 Å². The van der Waals surface area contributed by atoms with Crippen LogP contribution in [-0.4, -0.2) is 0 Å². The fourth-order valence-electron chi connectivity index (χ4n) is 2.05. The monoisotopic (exact) mass is 252 g/mol. The van der Waals surface area contributed by atoms with Crippen LogP contribution in [0.25, 0.3) is 0 Å². The molecule has 0 aromatic heterocycles. The van der Waals surface area contributed by atoms with Gasteiger partial charge in [-0.15, -0.1) is 0 Å². The summed E-state index contributed by atoms with van der Waals surface area (Å²) in [5, 5.41) is 0. The van der Waals surface area contributed by atoms with Gasteiger partial charge >= 0.3 is 0 Å². The Morgan fingerprint density at radius 3 is 1.41 bits per heavy atom. The zero-order valence-corrected chi connectivity index (χ0v) is 12.5. The first-order valence-electron chi connectivity index (χ1n) is 5.98. The minimum Gasteiger partial charge on any atom is -0.436 e. The molecule has 1 aliphatic rings. The Morgan fingerprint density at radius 2 is 1.12 bits per heavy atom. The van der Waals surface area contributed by atoms with Gasteiger partial charge in [0.05, 0.1) is 0 Å². The van der Waals surface area contributed by atoms with Gasteiger partial charge in [0.15, 0.2) is 11.5 Å². The molecule has 0 bridgehead atoms. The van der Waals surface area contributed by atoms with Crippen molar-refractivity contribution in [3.05, 3.63) is 23.3 Å². The third-order valence-corrected chi connectivity index (χ3v) is 3.59. The van der Waals surface area contributed by atoms with Gasteiger partial charge in [0.1, 0.15) is 0 Å². The predicted molar refractivity (Wildman–Crippen MR) is 73.4 cm³/mol. The molecule has 1 aromatic rings. The summed E-state index contributed by atoms with van der Waals surface area (Å²) in [6.07, 6.45) is 0. The molecule has 2 nitrogen and oxygen atoms in total. The highest BCUT2D eigenvalue weighted by atomic mass is 31.1. The fourth-order valence-corrected chi connectivity index (χ4v) is 2.66. The van der Waals surface area contributed by atoms with Crippen LogP contribution in [0.15, 0.2) is 12.1 Å². The summed E-state index contributed by atoms with van der Waals surface area (Å²) in [5.41, 5.74) is 2.62. The molecule has 1 aliphatic heterocycles. The number of fused-ring (bicyclic) bond motifs is 1. The van der Waals surface area contributed by atoms with Crippen LogP contribution < -0.4 is 9.05 Å². The Bertz CT molecular complexity index is 398. The SMILES string of the molecule is CC(C)(C)c1ccc(C(C)(C)C)c2c1OPO2. The van der Waals surface area contributed by atoms with Crippen molar-refractivity contribution in [2.75, 3.05) is 0 Å². The van der Waals surface area contributed by atoms with E-state index in [2.05, 4.69) is 53.7 Å². The second kappa shape index (κ2) is 3.88. The van der Waals surface area contributed by atoms with Crippen LogP contribution in [0.1, 0.15) is 52.7 Å². The molecule has 0 saturated carbocycles. The molecule has 0 saturated heterocycles. The van der Waals surface area contributed by atoms with Crippen molar-refractivity contribution in [3.8, 4) is 11.5 Å². The zero-order chi connectivity index (χ0) is 12.8. The van der Waals surface area contributed by atoms with Gasteiger partial charge in [-0.25, -0.2) is 0 Å². The summed E-state index contributed by atoms with van der Waals surface area (Å²) >= 11 is 0. The van der Waals surface area contributed by atoms with E-state index in [4.69, 9.17) is 9.05 Å². The second-order valence-electron chi connectivity index (χ2n) is 6.61. The van der Waals surface area contributed by atoms with Crippen molar-refractivity contribution < 1.29 is 9.05 Å². The highest BCUT2D eigenvalue weighted by Crippen LogP contribution is 2.52. The average Bonchev–Trinajstić information content (AvgIpc) is 2.60. The van der Waals surface area contributed by atoms with Crippen molar-refractivity contribution in [2.45, 2.75) is 52.4 Å². The smallest absolute Gasteiger partial charge is 0.275 e. The summed E-state index contributed by atoms with van der Waals surface area (Å²) in [6.45, 7) is 13.2. The average molecular weight is 252 g/mol. The van der Waals surface area contributed by atoms with E-state index in [9.17, 15) is 0 Å². The second-order valence-corrected chi connectivity index (χ2v) is 7.18. The zero-order valence-electron chi connectivity index (χ0n) is 11.5. The molecule has 0 radical (unpaired) electrons. The Morgan fingerprint density at radius 1 is 0.765 bits per heavy atom. The molecule has 0 atom stereocenters. The predicted octanol–water partition coefficient (Wildman–Crippen LogP) is 4.56. The van der Waals surface area contributed by atoms with E-state index in [0.717, 1.165) is 11.5 Å². The first-order chi connectivity index (χ1) is 7.71. The van der Waals surface area contributed by atoms with Crippen molar-refractivity contribution >= 4 is 9.03 Å². The molecule has 0 amide bonds. The maximum atomic E-state index is 5.70. The Balaban J connectivity index is 2.62. The van der Waals surface area contributed by atoms with Crippen LogP contribution in [0.2, 0.25) is 0 Å². The van der Waals surface area contributed by atoms with Crippen LogP contribution in [0.4, 0.5) is 0 Å². The van der Waals surface area contributed by atoms with E-state index in [-0.39, 0.29) is 19.9 Å². The van der Waals surface area contributed by atoms with Crippen LogP contribution in [0, 0.1) is 0 Å². The minimum atomic E-state index is 0.0820. The van der Waals surface area contributed by atoms with E-state index in [0.29, 0.717) is 0 Å². The largest absolute Gasteiger partial charge is 0.436 e. The van der Waals surface area contributed by atoms with E-state index >= 15 is 0 Å². The Hall–Kier alpha value is -0.750. The van der Waals surface area contributed by atoms with E-state index in [1.165, 1.54) is 11.1 Å². The molecule has 2 rings (SSSR count). The lowest BCUT2D eigenvalue weighted by molar-refractivity contribution is 0.537. The first-order valence-corrected chi connectivity index (χ1v) is 6.79. The van der Waals surface area contributed by atoms with Crippen LogP contribution in [0.3, 0.4) is 0 Å². The van der Waals surface area contributed by atoms with Gasteiger partial charge in [0.2, 0.25) is 0 Å². The van der Waals surface area contributed by atoms with E-state index < -0.39 is 0 Å². The number of hydrogen-bond donors (Lipinski definition) is 0. The summed E-state index contributed by atoms with van der Waals surface area (Å²) in [4.78, 5) is 0. The van der Waals surface area contributed by atoms with Gasteiger partial charge in [0.25, 0.3) is 9.03 Å². The molecule has 1 heterocycles. The summed E-state index contributed by atoms with van der Waals surface area (Å²) < 4.78 is 11.4. The van der Waals surface area contributed by atoms with Crippen molar-refractivity contribution in [1.82, 2.24) is 0 Å². The Labute approximate surface area is 106 Å². The maximum absolute atomic E-state index is 5.70. The topological polar surface area (TPSA) is 18.5 Å². The van der Waals surface area contributed by atoms with Gasteiger partial charge in [0, 0.05) is 11.1 Å². The standard InChI is InChI=1S/C14H21O2P/c1-13(2,3)9-7-8-10(14(4,5)6)12-11(9)15-17-16-12/h7-8,17H,1-6H3. The lowest BCUT2D eigenvalue weighted by Crippen LogP contribution is -2.15. The molecular formula is C14H21O2P. The highest BCUT2D eigenvalue weighted by Gasteiger charge is 2.31. The number of benzene rings is 1. The molecule has 0 aliphatic carbocycles. The number of hydrogen-bond acceptors (Lipinski definition) is 2. The molecule has 0 spiro atoms. The molecule has 0 fully saturated rings. The number of rotatable bonds is 0. The molecule has 0 N–H and O–H groups in total. The molecular weight excluding hydrogens is 231 g/mol. The van der Waals surface area contributed by atoms with E-state index in [1.807, 2.05) is 0 Å². The van der Waals surface area contributed by atoms with Crippen LogP contribution >= 0.6 is 9.03 Å². The molecule has 94 valence electrons. The third-order valence-electron chi connectivity index (χ3n) is 3.02. The van der Waals surface area contributed by atoms with Crippen molar-refractivity contribution in [2.24, 2.45) is 0 Å². The first kappa shape index (κ1) is 12.7. The maximum Gasteiger partial charge on any atom is 0.275 e. The molecule has 17 heavy (non-hydrogen) atoms. The van der Waals surface area contributed by atoms with Gasteiger partial charge in [-0.1, -0.05) is 53.7 Å². The van der Waals surface area contributed by atoms with Gasteiger partial charge < -0.3 is 9.05 Å². The normalized spacial score (nSPS) is 15.2. The fraction of sp³-hybridized carbons (Fsp3) is 0.571. The highest BCUT2D eigenvalue weighted by molar-refractivity contribution is 7.27. The van der Waals surface area contributed by atoms with Gasteiger partial charge in [-0.05, 0) is 10.8 Å². The quantitative estimate of drug-likeness (QED) is 0.630. The van der Waals surface area contributed by atoms with Crippen molar-refractivity contribution in [1.29, 1.82) is 0 Å². The third kappa shape index (κ3) is 2.28. The Kier molecular flexibility index (Phi) is 2.90. The van der Waals surface area contributed by atoms with Crippen LogP contribution in [0.5, 0.6) is 11.5 Å². The van der Waals surface area contributed by atoms with Crippen molar-refractivity contribution in [3.63, 3.8) is 0 Å². The molecule has 0 unspecified atom stereocenters. The molecule has 1 aromatic carbocycles. The molecule has 3 heteroatoms. The summed E-state index contributed by atoms with van der Waals surface area (Å²) in [7, 11) is 0.0973. The van der Waals surface area contributed by atoms with Gasteiger partial charge in [-0.2, -0.15) is 0 Å². The summed E-state index contributed by atoms with van der Waals surface area (Å²) in [6, 6.07) is 4.36. The lowest BCUT2D eigenvalue weighted by atomic mass is 9.81. The summed E-state index contributed by atoms with van der Waals surface area (Å²) in [5.74, 6) is 1.89. The lowest BCUT2D eigenvalue weighted by Gasteiger charge is -2.25. The minimum absolute atomic E-state index is 0.0820.